The quantitative estimate of drug-likeness (QED) is 0.121. The van der Waals surface area contributed by atoms with Gasteiger partial charge in [-0.25, -0.2) is 4.98 Å². The molecule has 0 saturated heterocycles. The summed E-state index contributed by atoms with van der Waals surface area (Å²) in [5.74, 6) is -0.788. The Hall–Kier alpha value is -3.74. The van der Waals surface area contributed by atoms with Crippen LogP contribution in [0.15, 0.2) is 46.1 Å². The number of amides is 1. The fraction of sp³-hybridized carbons (Fsp3) is 0.458. The summed E-state index contributed by atoms with van der Waals surface area (Å²) in [6, 6.07) is -0.879. The normalized spacial score (nSPS) is 14.0. The lowest BCUT2D eigenvalue weighted by Crippen LogP contribution is -2.40. The Morgan fingerprint density at radius 1 is 1.30 bits per heavy atom. The van der Waals surface area contributed by atoms with E-state index in [4.69, 9.17) is 15.7 Å². The molecule has 13 heteroatoms. The van der Waals surface area contributed by atoms with Crippen LogP contribution in [0, 0.1) is 5.41 Å². The van der Waals surface area contributed by atoms with E-state index in [2.05, 4.69) is 32.9 Å². The van der Waals surface area contributed by atoms with Gasteiger partial charge in [0.05, 0.1) is 31.0 Å². The van der Waals surface area contributed by atoms with E-state index in [0.29, 0.717) is 0 Å². The van der Waals surface area contributed by atoms with Crippen LogP contribution in [0.25, 0.3) is 0 Å². The molecule has 1 aliphatic rings. The second-order valence-electron chi connectivity index (χ2n) is 8.23. The van der Waals surface area contributed by atoms with E-state index in [9.17, 15) is 19.2 Å². The van der Waals surface area contributed by atoms with Crippen molar-refractivity contribution in [1.29, 1.82) is 5.41 Å². The summed E-state index contributed by atoms with van der Waals surface area (Å²) in [7, 11) is 0. The zero-order chi connectivity index (χ0) is 27.2. The topological polar surface area (TPSA) is 187 Å². The first-order valence-electron chi connectivity index (χ1n) is 11.8. The molecule has 1 amide bonds. The number of carbonyl (C=O) groups is 3. The van der Waals surface area contributed by atoms with Crippen molar-refractivity contribution in [2.75, 3.05) is 29.9 Å². The fourth-order valence-corrected chi connectivity index (χ4v) is 4.40. The van der Waals surface area contributed by atoms with Crippen molar-refractivity contribution in [3.63, 3.8) is 0 Å². The highest BCUT2D eigenvalue weighted by Crippen LogP contribution is 2.17. The molecule has 2 rings (SSSR count). The zero-order valence-corrected chi connectivity index (χ0v) is 21.4. The number of ketones is 1. The van der Waals surface area contributed by atoms with E-state index in [1.54, 1.807) is 6.92 Å². The Kier molecular flexibility index (Phi) is 12.3. The van der Waals surface area contributed by atoms with Crippen LogP contribution in [-0.4, -0.2) is 73.5 Å². The number of aromatic nitrogens is 2. The average molecular weight is 533 g/mol. The number of nitrogens with one attached hydrogen (secondary N) is 3. The first kappa shape index (κ1) is 29.5. The van der Waals surface area contributed by atoms with Crippen LogP contribution < -0.4 is 16.2 Å². The lowest BCUT2D eigenvalue weighted by atomic mass is 10.1. The van der Waals surface area contributed by atoms with Gasteiger partial charge in [0.1, 0.15) is 11.8 Å². The van der Waals surface area contributed by atoms with Crippen LogP contribution in [0.3, 0.4) is 0 Å². The molecule has 0 saturated carbocycles. The van der Waals surface area contributed by atoms with Gasteiger partial charge in [0.2, 0.25) is 5.91 Å². The second kappa shape index (κ2) is 15.4. The van der Waals surface area contributed by atoms with Gasteiger partial charge in [-0.1, -0.05) is 35.9 Å². The molecule has 0 fully saturated rings. The number of thioether (sulfide) groups is 1. The number of hydrogen-bond donors (Lipinski definition) is 5. The number of carbonyl (C=O) groups excluding carboxylic acids is 2. The number of anilines is 1. The largest absolute Gasteiger partial charge is 0.481 e. The smallest absolute Gasteiger partial charge is 0.303 e. The van der Waals surface area contributed by atoms with Crippen LogP contribution in [0.4, 0.5) is 5.82 Å². The Labute approximate surface area is 218 Å². The number of hydrogen-bond acceptors (Lipinski definition) is 10. The predicted molar refractivity (Wildman–Crippen MR) is 142 cm³/mol. The number of oxime groups is 1. The first-order chi connectivity index (χ1) is 17.8. The molecule has 1 aromatic heterocycles. The third-order valence-corrected chi connectivity index (χ3v) is 6.59. The van der Waals surface area contributed by atoms with Crippen LogP contribution in [-0.2, 0) is 14.4 Å². The molecule has 5 N–H and O–H groups in total. The number of rotatable bonds is 16. The summed E-state index contributed by atoms with van der Waals surface area (Å²) in [4.78, 5) is 52.6. The van der Waals surface area contributed by atoms with Gasteiger partial charge < -0.3 is 26.4 Å². The molecule has 0 aliphatic heterocycles. The SMILES string of the molecule is CCC(C(=O)NCC(=O)CSCC1=CC=CCC1)n1ccnc(NC/C(=N/O)C(=N)CCC(=O)O)c1=O. The maximum atomic E-state index is 12.9. The molecule has 1 heterocycles. The molecule has 0 aromatic carbocycles. The highest BCUT2D eigenvalue weighted by molar-refractivity contribution is 8.00. The lowest BCUT2D eigenvalue weighted by Gasteiger charge is -2.18. The van der Waals surface area contributed by atoms with E-state index in [0.717, 1.165) is 18.6 Å². The Morgan fingerprint density at radius 3 is 2.73 bits per heavy atom. The molecule has 1 atom stereocenters. The summed E-state index contributed by atoms with van der Waals surface area (Å²) >= 11 is 1.50. The van der Waals surface area contributed by atoms with E-state index in [1.807, 2.05) is 6.08 Å². The maximum Gasteiger partial charge on any atom is 0.303 e. The molecule has 12 nitrogen and oxygen atoms in total. The number of Topliss-reactive ketones (excluding diaryl/α,β-unsaturated/α-hetero) is 1. The Balaban J connectivity index is 1.93. The van der Waals surface area contributed by atoms with Crippen molar-refractivity contribution < 1.29 is 24.7 Å². The monoisotopic (exact) mass is 532 g/mol. The molecule has 0 spiro atoms. The van der Waals surface area contributed by atoms with E-state index >= 15 is 0 Å². The van der Waals surface area contributed by atoms with Crippen LogP contribution in [0.1, 0.15) is 45.1 Å². The van der Waals surface area contributed by atoms with Gasteiger partial charge in [0.25, 0.3) is 5.56 Å². The summed E-state index contributed by atoms with van der Waals surface area (Å²) in [6.07, 6.45) is 10.7. The van der Waals surface area contributed by atoms with Crippen molar-refractivity contribution in [3.05, 3.63) is 46.5 Å². The standard InChI is InChI=1S/C24H32N6O6S/c1-2-20(23(34)28-12-17(31)15-37-14-16-6-4-3-5-7-16)30-11-10-26-22(24(30)35)27-13-19(29-36)18(25)8-9-21(32)33/h3-4,6,10-11,20,25,36H,2,5,7-9,12-15H2,1H3,(H,26,27)(H,28,34)(H,32,33)/b25-18?,29-19-. The van der Waals surface area contributed by atoms with E-state index in [1.165, 1.54) is 34.3 Å². The Bertz CT molecular complexity index is 1140. The number of nitrogens with zero attached hydrogens (tertiary/aromatic N) is 3. The molecular weight excluding hydrogens is 500 g/mol. The third-order valence-electron chi connectivity index (χ3n) is 5.48. The second-order valence-corrected chi connectivity index (χ2v) is 9.21. The first-order valence-corrected chi connectivity index (χ1v) is 13.0. The number of allylic oxidation sites excluding steroid dienone is 3. The van der Waals surface area contributed by atoms with Crippen molar-refractivity contribution >= 4 is 46.7 Å². The van der Waals surface area contributed by atoms with Crippen LogP contribution in [0.2, 0.25) is 0 Å². The lowest BCUT2D eigenvalue weighted by molar-refractivity contribution is -0.136. The minimum Gasteiger partial charge on any atom is -0.481 e. The van der Waals surface area contributed by atoms with E-state index in [-0.39, 0.29) is 61.1 Å². The average Bonchev–Trinajstić information content (AvgIpc) is 2.89. The molecule has 0 radical (unpaired) electrons. The summed E-state index contributed by atoms with van der Waals surface area (Å²) < 4.78 is 1.19. The molecule has 1 aliphatic carbocycles. The minimum absolute atomic E-state index is 0.120. The number of aliphatic carboxylic acids is 1. The summed E-state index contributed by atoms with van der Waals surface area (Å²) in [5, 5.41) is 34.0. The molecule has 200 valence electrons. The van der Waals surface area contributed by atoms with Gasteiger partial charge in [-0.2, -0.15) is 0 Å². The van der Waals surface area contributed by atoms with Gasteiger partial charge in [0.15, 0.2) is 11.6 Å². The predicted octanol–water partition coefficient (Wildman–Crippen LogP) is 2.02. The van der Waals surface area contributed by atoms with Gasteiger partial charge in [0, 0.05) is 24.6 Å². The summed E-state index contributed by atoms with van der Waals surface area (Å²) in [6.45, 7) is 1.35. The zero-order valence-electron chi connectivity index (χ0n) is 20.6. The summed E-state index contributed by atoms with van der Waals surface area (Å²) in [5.41, 5.74) is 0.326. The Morgan fingerprint density at radius 2 is 2.08 bits per heavy atom. The molecule has 0 bridgehead atoms. The number of carboxylic acid groups (broad SMARTS) is 1. The minimum atomic E-state index is -1.10. The maximum absolute atomic E-state index is 12.9. The van der Waals surface area contributed by atoms with Crippen molar-refractivity contribution in [2.24, 2.45) is 5.16 Å². The van der Waals surface area contributed by atoms with Gasteiger partial charge >= 0.3 is 5.97 Å². The van der Waals surface area contributed by atoms with Gasteiger partial charge in [-0.3, -0.25) is 23.7 Å². The van der Waals surface area contributed by atoms with E-state index < -0.39 is 23.5 Å². The molecule has 1 aromatic rings. The van der Waals surface area contributed by atoms with Gasteiger partial charge in [-0.15, -0.1) is 11.8 Å². The van der Waals surface area contributed by atoms with Crippen LogP contribution in [0.5, 0.6) is 0 Å². The van der Waals surface area contributed by atoms with Crippen LogP contribution >= 0.6 is 11.8 Å². The third kappa shape index (κ3) is 9.67. The highest BCUT2D eigenvalue weighted by atomic mass is 32.2. The molecule has 1 unspecified atom stereocenters. The van der Waals surface area contributed by atoms with Crippen molar-refractivity contribution in [2.45, 2.75) is 45.1 Å². The molecular formula is C24H32N6O6S. The fourth-order valence-electron chi connectivity index (χ4n) is 3.47. The number of carboxylic acids is 1. The van der Waals surface area contributed by atoms with Crippen molar-refractivity contribution in [3.8, 4) is 0 Å². The van der Waals surface area contributed by atoms with Gasteiger partial charge in [-0.05, 0) is 19.3 Å². The highest BCUT2D eigenvalue weighted by Gasteiger charge is 2.22. The molecule has 37 heavy (non-hydrogen) atoms. The van der Waals surface area contributed by atoms with Crippen molar-refractivity contribution in [1.82, 2.24) is 14.9 Å².